The van der Waals surface area contributed by atoms with Gasteiger partial charge in [-0.1, -0.05) is 30.3 Å². The van der Waals surface area contributed by atoms with Crippen molar-refractivity contribution in [3.05, 3.63) is 53.2 Å². The molecule has 3 aromatic rings. The van der Waals surface area contributed by atoms with E-state index in [1.54, 1.807) is 11.3 Å². The maximum Gasteiger partial charge on any atom is 0.0154 e. The van der Waals surface area contributed by atoms with Crippen LogP contribution in [0.5, 0.6) is 0 Å². The molecular formula is C15H12S2. The Balaban J connectivity index is 2.38. The van der Waals surface area contributed by atoms with Crippen LogP contribution in [0.1, 0.15) is 0 Å². The van der Waals surface area contributed by atoms with Crippen LogP contribution in [0.25, 0.3) is 21.9 Å². The molecule has 17 heavy (non-hydrogen) atoms. The van der Waals surface area contributed by atoms with Gasteiger partial charge in [-0.25, -0.2) is 0 Å². The van der Waals surface area contributed by atoms with Crippen LogP contribution in [0.2, 0.25) is 0 Å². The number of thioether (sulfide) groups is 1. The molecule has 0 spiro atoms. The molecule has 0 N–H and O–H groups in total. The average molecular weight is 256 g/mol. The number of hydrogen-bond donors (Lipinski definition) is 0. The minimum atomic E-state index is 1.32. The third kappa shape index (κ3) is 1.88. The molecule has 2 aromatic carbocycles. The highest BCUT2D eigenvalue weighted by atomic mass is 32.2. The van der Waals surface area contributed by atoms with Crippen molar-refractivity contribution in [2.24, 2.45) is 0 Å². The molecule has 1 heterocycles. The van der Waals surface area contributed by atoms with Crippen LogP contribution >= 0.6 is 23.1 Å². The molecule has 0 radical (unpaired) electrons. The number of fused-ring (bicyclic) bond motifs is 1. The molecule has 0 saturated heterocycles. The second-order valence-electron chi connectivity index (χ2n) is 3.88. The predicted octanol–water partition coefficient (Wildman–Crippen LogP) is 5.29. The summed E-state index contributed by atoms with van der Waals surface area (Å²) in [7, 11) is 0. The Bertz CT molecular complexity index is 634. The minimum Gasteiger partial charge on any atom is -0.152 e. The van der Waals surface area contributed by atoms with E-state index in [9.17, 15) is 0 Å². The fraction of sp³-hybridized carbons (Fsp3) is 0.0667. The van der Waals surface area contributed by atoms with Gasteiger partial charge in [0.1, 0.15) is 0 Å². The Labute approximate surface area is 109 Å². The highest BCUT2D eigenvalue weighted by Gasteiger charge is 2.07. The Kier molecular flexibility index (Phi) is 2.91. The van der Waals surface area contributed by atoms with Crippen LogP contribution in [0.4, 0.5) is 0 Å². The molecule has 0 unspecified atom stereocenters. The molecule has 0 amide bonds. The first-order chi connectivity index (χ1) is 8.40. The summed E-state index contributed by atoms with van der Waals surface area (Å²) >= 11 is 3.56. The summed E-state index contributed by atoms with van der Waals surface area (Å²) in [6.45, 7) is 0. The van der Waals surface area contributed by atoms with Crippen LogP contribution in [0.15, 0.2) is 58.1 Å². The van der Waals surface area contributed by atoms with E-state index in [2.05, 4.69) is 59.5 Å². The van der Waals surface area contributed by atoms with Gasteiger partial charge in [0, 0.05) is 10.3 Å². The summed E-state index contributed by atoms with van der Waals surface area (Å²) in [5.74, 6) is 0. The third-order valence-electron chi connectivity index (χ3n) is 2.92. The first-order valence-electron chi connectivity index (χ1n) is 5.48. The van der Waals surface area contributed by atoms with Gasteiger partial charge in [0.25, 0.3) is 0 Å². The SMILES string of the molecule is CSc1cccc2cccc(-c3ccsc3)c12. The van der Waals surface area contributed by atoms with Crippen LogP contribution < -0.4 is 0 Å². The fourth-order valence-electron chi connectivity index (χ4n) is 2.13. The Morgan fingerprint density at radius 1 is 1.00 bits per heavy atom. The summed E-state index contributed by atoms with van der Waals surface area (Å²) in [6.07, 6.45) is 2.14. The Morgan fingerprint density at radius 2 is 1.82 bits per heavy atom. The monoisotopic (exact) mass is 256 g/mol. The van der Waals surface area contributed by atoms with Gasteiger partial charge >= 0.3 is 0 Å². The summed E-state index contributed by atoms with van der Waals surface area (Å²) in [5.41, 5.74) is 2.66. The summed E-state index contributed by atoms with van der Waals surface area (Å²) in [6, 6.07) is 15.2. The molecule has 0 aliphatic heterocycles. The molecule has 0 fully saturated rings. The normalized spacial score (nSPS) is 10.9. The van der Waals surface area contributed by atoms with E-state index in [0.717, 1.165) is 0 Å². The summed E-state index contributed by atoms with van der Waals surface area (Å²) in [4.78, 5) is 1.35. The van der Waals surface area contributed by atoms with Crippen molar-refractivity contribution in [3.63, 3.8) is 0 Å². The van der Waals surface area contributed by atoms with Gasteiger partial charge in [-0.05, 0) is 45.7 Å². The quantitative estimate of drug-likeness (QED) is 0.561. The molecule has 2 heteroatoms. The first-order valence-corrected chi connectivity index (χ1v) is 7.65. The molecule has 1 aromatic heterocycles. The van der Waals surface area contributed by atoms with Crippen molar-refractivity contribution in [3.8, 4) is 11.1 Å². The molecule has 0 saturated carbocycles. The first kappa shape index (κ1) is 10.9. The molecule has 0 aliphatic carbocycles. The second-order valence-corrected chi connectivity index (χ2v) is 5.50. The maximum atomic E-state index is 2.21. The number of hydrogen-bond acceptors (Lipinski definition) is 2. The predicted molar refractivity (Wildman–Crippen MR) is 79.0 cm³/mol. The van der Waals surface area contributed by atoms with Gasteiger partial charge in [-0.3, -0.25) is 0 Å². The lowest BCUT2D eigenvalue weighted by atomic mass is 10.0. The molecule has 3 rings (SSSR count). The second kappa shape index (κ2) is 4.55. The molecule has 0 aliphatic rings. The van der Waals surface area contributed by atoms with Gasteiger partial charge in [-0.2, -0.15) is 11.3 Å². The molecule has 0 atom stereocenters. The van der Waals surface area contributed by atoms with Gasteiger partial charge in [-0.15, -0.1) is 11.8 Å². The minimum absolute atomic E-state index is 1.32. The average Bonchev–Trinajstić information content (AvgIpc) is 2.91. The van der Waals surface area contributed by atoms with Crippen molar-refractivity contribution in [1.82, 2.24) is 0 Å². The van der Waals surface area contributed by atoms with Gasteiger partial charge in [0.05, 0.1) is 0 Å². The highest BCUT2D eigenvalue weighted by molar-refractivity contribution is 7.98. The van der Waals surface area contributed by atoms with Crippen LogP contribution in [0, 0.1) is 0 Å². The zero-order valence-electron chi connectivity index (χ0n) is 9.51. The van der Waals surface area contributed by atoms with E-state index in [-0.39, 0.29) is 0 Å². The van der Waals surface area contributed by atoms with Gasteiger partial charge in [0.15, 0.2) is 0 Å². The standard InChI is InChI=1S/C15H12S2/c1-16-14-7-3-5-11-4-2-6-13(15(11)14)12-8-9-17-10-12/h2-10H,1H3. The van der Waals surface area contributed by atoms with E-state index in [1.165, 1.54) is 26.8 Å². The lowest BCUT2D eigenvalue weighted by Crippen LogP contribution is -1.82. The van der Waals surface area contributed by atoms with Crippen LogP contribution in [0.3, 0.4) is 0 Å². The summed E-state index contributed by atoms with van der Waals surface area (Å²) < 4.78 is 0. The largest absolute Gasteiger partial charge is 0.152 e. The van der Waals surface area contributed by atoms with Crippen LogP contribution in [-0.4, -0.2) is 6.26 Å². The summed E-state index contributed by atoms with van der Waals surface area (Å²) in [5, 5.41) is 7.04. The Hall–Kier alpha value is -1.25. The molecule has 84 valence electrons. The van der Waals surface area contributed by atoms with Crippen molar-refractivity contribution >= 4 is 33.9 Å². The molecule has 0 bridgehead atoms. The van der Waals surface area contributed by atoms with Crippen molar-refractivity contribution in [2.45, 2.75) is 4.90 Å². The van der Waals surface area contributed by atoms with Crippen molar-refractivity contribution < 1.29 is 0 Å². The van der Waals surface area contributed by atoms with Crippen LogP contribution in [-0.2, 0) is 0 Å². The van der Waals surface area contributed by atoms with E-state index in [0.29, 0.717) is 0 Å². The fourth-order valence-corrected chi connectivity index (χ4v) is 3.44. The smallest absolute Gasteiger partial charge is 0.0154 e. The Morgan fingerprint density at radius 3 is 2.53 bits per heavy atom. The van der Waals surface area contributed by atoms with E-state index < -0.39 is 0 Å². The zero-order valence-corrected chi connectivity index (χ0v) is 11.1. The topological polar surface area (TPSA) is 0 Å². The lowest BCUT2D eigenvalue weighted by Gasteiger charge is -2.09. The van der Waals surface area contributed by atoms with Crippen molar-refractivity contribution in [1.29, 1.82) is 0 Å². The number of benzene rings is 2. The zero-order chi connectivity index (χ0) is 11.7. The highest BCUT2D eigenvalue weighted by Crippen LogP contribution is 2.35. The van der Waals surface area contributed by atoms with E-state index in [1.807, 2.05) is 11.8 Å². The molecular weight excluding hydrogens is 244 g/mol. The van der Waals surface area contributed by atoms with E-state index >= 15 is 0 Å². The van der Waals surface area contributed by atoms with Crippen molar-refractivity contribution in [2.75, 3.05) is 6.26 Å². The molecule has 0 nitrogen and oxygen atoms in total. The van der Waals surface area contributed by atoms with Gasteiger partial charge < -0.3 is 0 Å². The van der Waals surface area contributed by atoms with Gasteiger partial charge in [0.2, 0.25) is 0 Å². The lowest BCUT2D eigenvalue weighted by molar-refractivity contribution is 1.54. The maximum absolute atomic E-state index is 2.21. The number of thiophene rings is 1. The van der Waals surface area contributed by atoms with E-state index in [4.69, 9.17) is 0 Å². The number of rotatable bonds is 2. The third-order valence-corrected chi connectivity index (χ3v) is 4.38.